The van der Waals surface area contributed by atoms with Crippen molar-refractivity contribution < 1.29 is 58.2 Å². The number of ether oxygens (including phenoxy) is 5. The van der Waals surface area contributed by atoms with Gasteiger partial charge in [0.05, 0.1) is 24.4 Å². The summed E-state index contributed by atoms with van der Waals surface area (Å²) in [5.41, 5.74) is 2.76. The zero-order valence-corrected chi connectivity index (χ0v) is 41.4. The van der Waals surface area contributed by atoms with Crippen LogP contribution in [-0.4, -0.2) is 124 Å². The number of esters is 1. The molecule has 3 fully saturated rings. The molecule has 1 amide bonds. The lowest BCUT2D eigenvalue weighted by atomic mass is 9.81. The number of methoxy groups -OCH3 is 2. The lowest BCUT2D eigenvalue weighted by Crippen LogP contribution is -2.64. The molecule has 2 aromatic rings. The van der Waals surface area contributed by atoms with E-state index in [9.17, 15) is 34.5 Å². The summed E-state index contributed by atoms with van der Waals surface area (Å²) in [5, 5.41) is 36.5. The number of aliphatic hydroxyl groups is 3. The maximum absolute atomic E-state index is 14.5. The predicted molar refractivity (Wildman–Crippen MR) is 254 cm³/mol. The summed E-state index contributed by atoms with van der Waals surface area (Å²) in [7, 11) is 3.07. The molecule has 372 valence electrons. The number of carbonyl (C=O) groups excluding carboxylic acids is 4. The van der Waals surface area contributed by atoms with Gasteiger partial charge < -0.3 is 48.5 Å². The van der Waals surface area contributed by atoms with Gasteiger partial charge in [-0.3, -0.25) is 14.4 Å². The second-order valence-corrected chi connectivity index (χ2v) is 20.3. The van der Waals surface area contributed by atoms with Crippen molar-refractivity contribution in [3.8, 4) is 5.75 Å². The number of nitrogens with zero attached hydrogens (tertiary/aromatic N) is 2. The molecule has 1 aromatic carbocycles. The predicted octanol–water partition coefficient (Wildman–Crippen LogP) is 7.27. The van der Waals surface area contributed by atoms with E-state index in [4.69, 9.17) is 23.7 Å². The Morgan fingerprint density at radius 1 is 0.910 bits per heavy atom. The Hall–Kier alpha value is -3.92. The van der Waals surface area contributed by atoms with Crippen molar-refractivity contribution in [2.24, 2.45) is 29.6 Å². The van der Waals surface area contributed by atoms with Crippen LogP contribution in [0, 0.1) is 29.6 Å². The van der Waals surface area contributed by atoms with E-state index in [0.29, 0.717) is 62.7 Å². The molecular weight excluding hydrogens is 857 g/mol. The standard InChI is InChI=1S/C53H78N2O12/c1-10-20-54-22-19-38-29-39(16-17-40(38)54)65-45-18-15-36(28-44(45)58)26-33(5)48-35(7)42(56)30-43(57)37(11-2)24-31(3)23-32(4)25-46(63-8)49-47(64-9)27-34(6)53(62,67-49)50(59)51(60)55-21-13-12-14-41(55)52(61)66-48/h16-17,19,22,24,26,29,32,34-37,41-42,44-49,56,58,62H,10-15,18,20-21,23,25,27-28,30H2,1-9H3. The van der Waals surface area contributed by atoms with Crippen LogP contribution in [0.3, 0.4) is 0 Å². The molecule has 4 aliphatic rings. The van der Waals surface area contributed by atoms with Crippen LogP contribution in [0.1, 0.15) is 126 Å². The first kappa shape index (κ1) is 52.5. The number of rotatable bonds is 9. The van der Waals surface area contributed by atoms with Crippen molar-refractivity contribution in [1.29, 1.82) is 0 Å². The Morgan fingerprint density at radius 3 is 2.33 bits per heavy atom. The molecule has 67 heavy (non-hydrogen) atoms. The largest absolute Gasteiger partial charge is 0.488 e. The highest BCUT2D eigenvalue weighted by Crippen LogP contribution is 2.40. The number of carbonyl (C=O) groups is 4. The average molecular weight is 935 g/mol. The lowest BCUT2D eigenvalue weighted by Gasteiger charge is -2.47. The van der Waals surface area contributed by atoms with Crippen LogP contribution in [0.4, 0.5) is 0 Å². The van der Waals surface area contributed by atoms with Gasteiger partial charge in [0.15, 0.2) is 0 Å². The van der Waals surface area contributed by atoms with Gasteiger partial charge in [-0.25, -0.2) is 4.79 Å². The molecule has 6 rings (SSSR count). The fraction of sp³-hybridized carbons (Fsp3) is 0.698. The number of hydrogen-bond acceptors (Lipinski definition) is 12. The Labute approximate surface area is 397 Å². The van der Waals surface area contributed by atoms with Crippen molar-refractivity contribution in [3.63, 3.8) is 0 Å². The van der Waals surface area contributed by atoms with Crippen LogP contribution < -0.4 is 4.74 Å². The van der Waals surface area contributed by atoms with Gasteiger partial charge in [-0.15, -0.1) is 0 Å². The fourth-order valence-electron chi connectivity index (χ4n) is 11.1. The van der Waals surface area contributed by atoms with Gasteiger partial charge in [-0.2, -0.15) is 0 Å². The van der Waals surface area contributed by atoms with E-state index in [1.807, 2.05) is 51.1 Å². The molecule has 14 atom stereocenters. The maximum Gasteiger partial charge on any atom is 0.329 e. The number of hydrogen-bond donors (Lipinski definition) is 3. The number of amides is 1. The summed E-state index contributed by atoms with van der Waals surface area (Å²) < 4.78 is 33.0. The first-order chi connectivity index (χ1) is 31.9. The molecule has 1 saturated carbocycles. The number of aliphatic hydroxyl groups excluding tert-OH is 2. The zero-order valence-electron chi connectivity index (χ0n) is 41.4. The summed E-state index contributed by atoms with van der Waals surface area (Å²) >= 11 is 0. The highest BCUT2D eigenvalue weighted by Gasteiger charge is 2.56. The van der Waals surface area contributed by atoms with Crippen molar-refractivity contribution >= 4 is 34.3 Å². The van der Waals surface area contributed by atoms with E-state index >= 15 is 0 Å². The summed E-state index contributed by atoms with van der Waals surface area (Å²) in [6.45, 7) is 14.3. The molecule has 0 radical (unpaired) electrons. The minimum absolute atomic E-state index is 0.0232. The third-order valence-corrected chi connectivity index (χ3v) is 15.1. The van der Waals surface area contributed by atoms with Crippen LogP contribution >= 0.6 is 0 Å². The molecule has 0 spiro atoms. The van der Waals surface area contributed by atoms with Gasteiger partial charge in [0.25, 0.3) is 11.7 Å². The van der Waals surface area contributed by atoms with Gasteiger partial charge in [-0.1, -0.05) is 52.3 Å². The van der Waals surface area contributed by atoms with E-state index in [0.717, 1.165) is 29.4 Å². The number of Topliss-reactive ketones (excluding diaryl/α,β-unsaturated/α-hetero) is 2. The number of benzene rings is 1. The van der Waals surface area contributed by atoms with Crippen LogP contribution in [0.5, 0.6) is 5.75 Å². The third-order valence-electron chi connectivity index (χ3n) is 15.1. The van der Waals surface area contributed by atoms with Gasteiger partial charge in [0.2, 0.25) is 5.79 Å². The summed E-state index contributed by atoms with van der Waals surface area (Å²) in [4.78, 5) is 58.4. The first-order valence-electron chi connectivity index (χ1n) is 24.9. The minimum atomic E-state index is -2.52. The van der Waals surface area contributed by atoms with Crippen LogP contribution in [-0.2, 0) is 44.7 Å². The van der Waals surface area contributed by atoms with Crippen molar-refractivity contribution in [1.82, 2.24) is 9.47 Å². The fourth-order valence-corrected chi connectivity index (χ4v) is 11.1. The molecule has 1 aliphatic carbocycles. The highest BCUT2D eigenvalue weighted by molar-refractivity contribution is 6.39. The SMILES string of the molecule is CCCn1ccc2cc(OC3CCC(C=C(C)C4OC(=O)C5CCCCN5C(=O)C(=O)C5(O)OC(C(OC)CC(C)CC(C)=CC(CC)C(=O)CC(O)C4C)C(OC)CC5C)CC3O)ccc21. The van der Waals surface area contributed by atoms with E-state index in [-0.39, 0.29) is 43.4 Å². The summed E-state index contributed by atoms with van der Waals surface area (Å²) in [6, 6.07) is 6.91. The van der Waals surface area contributed by atoms with E-state index in [1.54, 1.807) is 13.8 Å². The molecule has 2 saturated heterocycles. The molecule has 14 unspecified atom stereocenters. The highest BCUT2D eigenvalue weighted by atomic mass is 16.7. The van der Waals surface area contributed by atoms with Crippen molar-refractivity contribution in [2.45, 2.75) is 187 Å². The molecule has 14 heteroatoms. The van der Waals surface area contributed by atoms with Crippen LogP contribution in [0.25, 0.3) is 10.9 Å². The lowest BCUT2D eigenvalue weighted by molar-refractivity contribution is -0.302. The topological polar surface area (TPSA) is 183 Å². The normalized spacial score (nSPS) is 35.9. The van der Waals surface area contributed by atoms with Gasteiger partial charge >= 0.3 is 5.97 Å². The number of fused-ring (bicyclic) bond motifs is 4. The molecule has 1 aromatic heterocycles. The molecule has 2 bridgehead atoms. The number of piperidine rings is 1. The Bertz CT molecular complexity index is 2100. The van der Waals surface area contributed by atoms with E-state index in [2.05, 4.69) is 30.7 Å². The van der Waals surface area contributed by atoms with Crippen molar-refractivity contribution in [3.05, 3.63) is 53.8 Å². The third kappa shape index (κ3) is 12.1. The van der Waals surface area contributed by atoms with Gasteiger partial charge in [-0.05, 0) is 126 Å². The zero-order chi connectivity index (χ0) is 48.7. The monoisotopic (exact) mass is 935 g/mol. The van der Waals surface area contributed by atoms with Crippen LogP contribution in [0.2, 0.25) is 0 Å². The maximum atomic E-state index is 14.5. The molecule has 3 aliphatic heterocycles. The number of ketones is 2. The number of aryl methyl sites for hydroxylation is 1. The number of allylic oxidation sites excluding steroid dienone is 3. The van der Waals surface area contributed by atoms with Gasteiger partial charge in [0.1, 0.15) is 35.9 Å². The van der Waals surface area contributed by atoms with Crippen LogP contribution in [0.15, 0.2) is 53.8 Å². The Morgan fingerprint density at radius 2 is 1.64 bits per heavy atom. The molecule has 4 heterocycles. The molecule has 14 nitrogen and oxygen atoms in total. The first-order valence-corrected chi connectivity index (χ1v) is 24.9. The quantitative estimate of drug-likeness (QED) is 0.130. The second kappa shape index (κ2) is 23.1. The average Bonchev–Trinajstić information content (AvgIpc) is 3.71. The van der Waals surface area contributed by atoms with Gasteiger partial charge in [0, 0.05) is 68.6 Å². The molecular formula is C53H78N2O12. The second-order valence-electron chi connectivity index (χ2n) is 20.3. The van der Waals surface area contributed by atoms with E-state index < -0.39 is 90.0 Å². The summed E-state index contributed by atoms with van der Waals surface area (Å²) in [5.74, 6) is -7.06. The Balaban J connectivity index is 1.28. The Kier molecular flexibility index (Phi) is 18.1. The number of cyclic esters (lactones) is 1. The number of aromatic nitrogens is 1. The smallest absolute Gasteiger partial charge is 0.329 e. The summed E-state index contributed by atoms with van der Waals surface area (Å²) in [6.07, 6.45) is 6.21. The minimum Gasteiger partial charge on any atom is -0.488 e. The molecule has 3 N–H and O–H groups in total. The van der Waals surface area contributed by atoms with E-state index in [1.165, 1.54) is 19.1 Å². The van der Waals surface area contributed by atoms with Crippen molar-refractivity contribution in [2.75, 3.05) is 20.8 Å².